The molecule has 1 amide bonds. The number of carbonyl (C=O) groups is 1. The molecule has 1 unspecified atom stereocenters. The zero-order valence-electron chi connectivity index (χ0n) is 22.1. The van der Waals surface area contributed by atoms with E-state index in [4.69, 9.17) is 18.4 Å². The third kappa shape index (κ3) is 4.74. The van der Waals surface area contributed by atoms with Crippen LogP contribution < -0.4 is 4.72 Å². The quantitative estimate of drug-likeness (QED) is 0.277. The minimum atomic E-state index is -4.41. The topological polar surface area (TPSA) is 164 Å². The maximum Gasteiger partial charge on any atom is 0.362 e. The van der Waals surface area contributed by atoms with Crippen molar-refractivity contribution in [1.82, 2.24) is 33.6 Å². The number of H-pyrrole nitrogens is 1. The lowest BCUT2D eigenvalue weighted by Gasteiger charge is -2.24. The number of rotatable bonds is 8. The summed E-state index contributed by atoms with van der Waals surface area (Å²) in [6.07, 6.45) is 5.99. The molecule has 41 heavy (non-hydrogen) atoms. The Bertz CT molecular complexity index is 1880. The van der Waals surface area contributed by atoms with E-state index in [-0.39, 0.29) is 6.42 Å². The molecule has 14 nitrogen and oxygen atoms in total. The first kappa shape index (κ1) is 26.0. The Hall–Kier alpha value is -3.89. The molecule has 2 N–H and O–H groups in total. The number of para-hydroxylation sites is 1. The Balaban J connectivity index is 1.03. The van der Waals surface area contributed by atoms with E-state index in [1.165, 1.54) is 0 Å². The summed E-state index contributed by atoms with van der Waals surface area (Å²) in [4.78, 5) is 28.9. The van der Waals surface area contributed by atoms with Gasteiger partial charge in [-0.05, 0) is 31.9 Å². The summed E-state index contributed by atoms with van der Waals surface area (Å²) in [7, 11) is -4.41. The largest absolute Gasteiger partial charge is 0.362 e. The van der Waals surface area contributed by atoms with E-state index in [2.05, 4.69) is 19.9 Å². The van der Waals surface area contributed by atoms with Crippen molar-refractivity contribution in [1.29, 1.82) is 0 Å². The van der Waals surface area contributed by atoms with Gasteiger partial charge in [-0.3, -0.25) is 17.9 Å². The second-order valence-corrected chi connectivity index (χ2v) is 11.8. The van der Waals surface area contributed by atoms with Crippen LogP contribution in [-0.2, 0) is 39.9 Å². The first-order valence-electron chi connectivity index (χ1n) is 13.1. The van der Waals surface area contributed by atoms with Crippen LogP contribution in [0.1, 0.15) is 32.1 Å². The van der Waals surface area contributed by atoms with Crippen LogP contribution in [0, 0.1) is 0 Å². The second-order valence-electron chi connectivity index (χ2n) is 10.5. The number of nitrogens with zero attached hydrogens (tertiary/aromatic N) is 5. The van der Waals surface area contributed by atoms with Crippen LogP contribution in [0.5, 0.6) is 0 Å². The number of aromatic amines is 1. The van der Waals surface area contributed by atoms with E-state index in [0.29, 0.717) is 23.2 Å². The van der Waals surface area contributed by atoms with E-state index in [0.717, 1.165) is 16.5 Å². The van der Waals surface area contributed by atoms with Gasteiger partial charge in [-0.2, -0.15) is 8.42 Å². The standard InChI is InChI=1S/C26H27N7O7S/c1-26(2)39-21-18(12-37-41(35,36)31-19(34)8-7-15-11-28-17-6-4-3-5-16(15)17)38-25(22(21)40-26)33-14-29-20-23-27-9-10-32(23)13-30-24(20)33/h3-6,9-11,13-14,18,21-22,25,28H,7-8,12H2,1-2H3,(H,31,34)/t18-,21?,22+,25-/m1/s1. The predicted octanol–water partition coefficient (Wildman–Crippen LogP) is 1.99. The van der Waals surface area contributed by atoms with Crippen LogP contribution >= 0.6 is 0 Å². The lowest BCUT2D eigenvalue weighted by Crippen LogP contribution is -2.37. The summed E-state index contributed by atoms with van der Waals surface area (Å²) in [5, 5.41) is 0.985. The molecular formula is C26H27N7O7S. The fourth-order valence-electron chi connectivity index (χ4n) is 5.51. The predicted molar refractivity (Wildman–Crippen MR) is 144 cm³/mol. The van der Waals surface area contributed by atoms with Crippen molar-refractivity contribution in [3.05, 3.63) is 61.1 Å². The molecule has 0 aliphatic carbocycles. The summed E-state index contributed by atoms with van der Waals surface area (Å²) >= 11 is 0. The number of carbonyl (C=O) groups excluding carboxylic acids is 1. The zero-order chi connectivity index (χ0) is 28.4. The molecule has 2 aliphatic rings. The summed E-state index contributed by atoms with van der Waals surface area (Å²) in [5.41, 5.74) is 3.61. The van der Waals surface area contributed by atoms with Crippen molar-refractivity contribution in [2.24, 2.45) is 0 Å². The van der Waals surface area contributed by atoms with Gasteiger partial charge in [0, 0.05) is 35.9 Å². The molecule has 5 aromatic rings. The lowest BCUT2D eigenvalue weighted by atomic mass is 10.1. The minimum Gasteiger partial charge on any atom is -0.361 e. The van der Waals surface area contributed by atoms with Crippen LogP contribution in [0.25, 0.3) is 27.7 Å². The number of nitrogens with one attached hydrogen (secondary N) is 2. The smallest absolute Gasteiger partial charge is 0.361 e. The van der Waals surface area contributed by atoms with E-state index in [1.807, 2.05) is 35.2 Å². The number of ether oxygens (including phenoxy) is 3. The number of benzene rings is 1. The SMILES string of the molecule is CC1(C)OC2[C@@H](COS(=O)(=O)NC(=O)CCc3c[nH]c4ccccc34)O[C@@H](n3cnc4c3ncn3ccnc43)[C@H]2O1. The minimum absolute atomic E-state index is 0.0349. The first-order chi connectivity index (χ1) is 19.7. The van der Waals surface area contributed by atoms with Crippen LogP contribution in [-0.4, -0.2) is 73.9 Å². The molecule has 2 fully saturated rings. The Labute approximate surface area is 233 Å². The molecule has 4 aromatic heterocycles. The second kappa shape index (κ2) is 9.60. The third-order valence-corrected chi connectivity index (χ3v) is 8.20. The van der Waals surface area contributed by atoms with E-state index in [1.54, 1.807) is 47.9 Å². The molecule has 15 heteroatoms. The highest BCUT2D eigenvalue weighted by atomic mass is 32.2. The Morgan fingerprint density at radius 1 is 1.12 bits per heavy atom. The molecular weight excluding hydrogens is 554 g/mol. The first-order valence-corrected chi connectivity index (χ1v) is 14.5. The molecule has 1 aromatic carbocycles. The van der Waals surface area contributed by atoms with E-state index in [9.17, 15) is 13.2 Å². The highest BCUT2D eigenvalue weighted by Gasteiger charge is 2.56. The number of imidazole rings is 2. The van der Waals surface area contributed by atoms with Crippen LogP contribution in [0.15, 0.2) is 55.5 Å². The van der Waals surface area contributed by atoms with E-state index < -0.39 is 53.1 Å². The Morgan fingerprint density at radius 2 is 1.95 bits per heavy atom. The molecule has 0 spiro atoms. The lowest BCUT2D eigenvalue weighted by molar-refractivity contribution is -0.198. The van der Waals surface area contributed by atoms with Crippen molar-refractivity contribution in [3.63, 3.8) is 0 Å². The molecule has 4 atom stereocenters. The van der Waals surface area contributed by atoms with Gasteiger partial charge < -0.3 is 19.2 Å². The number of aryl methyl sites for hydroxylation is 1. The van der Waals surface area contributed by atoms with Gasteiger partial charge in [0.25, 0.3) is 0 Å². The van der Waals surface area contributed by atoms with Gasteiger partial charge in [0.05, 0.1) is 12.9 Å². The average molecular weight is 582 g/mol. The van der Waals surface area contributed by atoms with Crippen molar-refractivity contribution in [3.8, 4) is 0 Å². The molecule has 0 bridgehead atoms. The normalized spacial score (nSPS) is 24.0. The number of hydrogen-bond donors (Lipinski definition) is 2. The van der Waals surface area contributed by atoms with Crippen molar-refractivity contribution in [2.75, 3.05) is 6.61 Å². The molecule has 2 saturated heterocycles. The summed E-state index contributed by atoms with van der Waals surface area (Å²) in [6, 6.07) is 7.69. The van der Waals surface area contributed by atoms with Crippen molar-refractivity contribution < 1.29 is 31.6 Å². The van der Waals surface area contributed by atoms with Crippen LogP contribution in [0.3, 0.4) is 0 Å². The fourth-order valence-corrected chi connectivity index (χ4v) is 6.27. The Morgan fingerprint density at radius 3 is 2.83 bits per heavy atom. The molecule has 0 saturated carbocycles. The van der Waals surface area contributed by atoms with Gasteiger partial charge in [-0.15, -0.1) is 0 Å². The van der Waals surface area contributed by atoms with Gasteiger partial charge in [-0.1, -0.05) is 18.2 Å². The average Bonchev–Trinajstić information content (AvgIpc) is 3.73. The zero-order valence-corrected chi connectivity index (χ0v) is 22.9. The maximum atomic E-state index is 12.7. The van der Waals surface area contributed by atoms with Gasteiger partial charge in [0.2, 0.25) is 5.91 Å². The number of aromatic nitrogens is 6. The van der Waals surface area contributed by atoms with E-state index >= 15 is 0 Å². The summed E-state index contributed by atoms with van der Waals surface area (Å²) in [6.45, 7) is 3.14. The number of amides is 1. The molecule has 2 aliphatic heterocycles. The van der Waals surface area contributed by atoms with Gasteiger partial charge in [-0.25, -0.2) is 19.7 Å². The van der Waals surface area contributed by atoms with Crippen molar-refractivity contribution >= 4 is 43.9 Å². The third-order valence-electron chi connectivity index (χ3n) is 7.27. The van der Waals surface area contributed by atoms with Crippen LogP contribution in [0.4, 0.5) is 0 Å². The number of fused-ring (bicyclic) bond motifs is 5. The highest BCUT2D eigenvalue weighted by molar-refractivity contribution is 7.85. The molecule has 6 heterocycles. The maximum absolute atomic E-state index is 12.7. The fraction of sp³-hybridized carbons (Fsp3) is 0.385. The molecule has 214 valence electrons. The van der Waals surface area contributed by atoms with Crippen LogP contribution in [0.2, 0.25) is 0 Å². The molecule has 0 radical (unpaired) electrons. The number of hydrogen-bond acceptors (Lipinski definition) is 10. The summed E-state index contributed by atoms with van der Waals surface area (Å²) < 4.78 is 54.3. The summed E-state index contributed by atoms with van der Waals surface area (Å²) in [5.74, 6) is -1.62. The van der Waals surface area contributed by atoms with Gasteiger partial charge >= 0.3 is 10.3 Å². The highest BCUT2D eigenvalue weighted by Crippen LogP contribution is 2.44. The van der Waals surface area contributed by atoms with Gasteiger partial charge in [0.1, 0.15) is 24.6 Å². The monoisotopic (exact) mass is 581 g/mol. The Kier molecular flexibility index (Phi) is 6.09. The van der Waals surface area contributed by atoms with Crippen molar-refractivity contribution in [2.45, 2.75) is 57.0 Å². The van der Waals surface area contributed by atoms with Gasteiger partial charge in [0.15, 0.2) is 28.8 Å². The molecule has 7 rings (SSSR count).